The third kappa shape index (κ3) is 4.30. The largest absolute Gasteiger partial charge is 0.457 e. The van der Waals surface area contributed by atoms with Crippen LogP contribution < -0.4 is 4.74 Å². The van der Waals surface area contributed by atoms with Crippen LogP contribution in [0, 0.1) is 20.8 Å². The Hall–Kier alpha value is -6.60. The molecule has 10 rings (SSSR count). The second-order valence-electron chi connectivity index (χ2n) is 13.0. The van der Waals surface area contributed by atoms with Crippen molar-refractivity contribution in [3.8, 4) is 34.0 Å². The van der Waals surface area contributed by atoms with Crippen LogP contribution in [0.4, 0.5) is 0 Å². The van der Waals surface area contributed by atoms with Crippen molar-refractivity contribution in [2.45, 2.75) is 20.8 Å². The van der Waals surface area contributed by atoms with Crippen molar-refractivity contribution >= 4 is 54.9 Å². The number of fused-ring (bicyclic) bond motifs is 12. The molecule has 0 aliphatic heterocycles. The predicted octanol–water partition coefficient (Wildman–Crippen LogP) is 10.4. The van der Waals surface area contributed by atoms with Crippen LogP contribution >= 0.6 is 0 Å². The molecule has 6 aromatic heterocycles. The van der Waals surface area contributed by atoms with E-state index in [2.05, 4.69) is 103 Å². The van der Waals surface area contributed by atoms with Crippen molar-refractivity contribution in [1.82, 2.24) is 28.7 Å². The highest BCUT2D eigenvalue weighted by Crippen LogP contribution is 2.38. The molecule has 7 nitrogen and oxygen atoms in total. The number of aryl methyl sites for hydroxylation is 3. The van der Waals surface area contributed by atoms with Gasteiger partial charge in [0.2, 0.25) is 0 Å². The van der Waals surface area contributed by atoms with E-state index in [0.29, 0.717) is 0 Å². The van der Waals surface area contributed by atoms with Gasteiger partial charge in [-0.2, -0.15) is 0 Å². The van der Waals surface area contributed by atoms with Gasteiger partial charge in [-0.25, -0.2) is 19.9 Å². The Morgan fingerprint density at radius 3 is 1.60 bits per heavy atom. The number of imidazole rings is 2. The summed E-state index contributed by atoms with van der Waals surface area (Å²) in [4.78, 5) is 19.9. The molecule has 0 bridgehead atoms. The van der Waals surface area contributed by atoms with E-state index in [-0.39, 0.29) is 0 Å². The average molecular weight is 647 g/mol. The quantitative estimate of drug-likeness (QED) is 0.178. The van der Waals surface area contributed by atoms with E-state index >= 15 is 0 Å². The predicted molar refractivity (Wildman–Crippen MR) is 201 cm³/mol. The van der Waals surface area contributed by atoms with Crippen LogP contribution in [0.25, 0.3) is 77.4 Å². The number of hydrogen-bond donors (Lipinski definition) is 0. The SMILES string of the molecule is Cc1cc(C)c(-c2cn3c4ncccc4c4ccc(Oc5ccc6c7cccnc7n7cc(-c8ccccc8)nc7c6c5)cc4c3n2)c(C)c1. The highest BCUT2D eigenvalue weighted by atomic mass is 16.5. The number of rotatable bonds is 4. The Kier molecular flexibility index (Phi) is 6.08. The molecule has 0 radical (unpaired) electrons. The molecule has 0 spiro atoms. The van der Waals surface area contributed by atoms with Crippen molar-refractivity contribution in [3.63, 3.8) is 0 Å². The van der Waals surface area contributed by atoms with Gasteiger partial charge in [0.05, 0.1) is 11.4 Å². The lowest BCUT2D eigenvalue weighted by atomic mass is 9.98. The van der Waals surface area contributed by atoms with Crippen molar-refractivity contribution in [2.24, 2.45) is 0 Å². The fourth-order valence-electron chi connectivity index (χ4n) is 7.66. The van der Waals surface area contributed by atoms with Crippen LogP contribution in [0.2, 0.25) is 0 Å². The molecule has 4 aromatic carbocycles. The molecule has 0 fully saturated rings. The van der Waals surface area contributed by atoms with Crippen LogP contribution in [0.1, 0.15) is 16.7 Å². The van der Waals surface area contributed by atoms with E-state index in [1.54, 1.807) is 0 Å². The summed E-state index contributed by atoms with van der Waals surface area (Å²) in [5, 5.41) is 6.26. The van der Waals surface area contributed by atoms with E-state index in [1.165, 1.54) is 16.7 Å². The Morgan fingerprint density at radius 1 is 0.480 bits per heavy atom. The fraction of sp³-hybridized carbons (Fsp3) is 0.0698. The molecule has 50 heavy (non-hydrogen) atoms. The third-order valence-corrected chi connectivity index (χ3v) is 9.72. The van der Waals surface area contributed by atoms with Crippen molar-refractivity contribution in [3.05, 3.63) is 145 Å². The van der Waals surface area contributed by atoms with Crippen molar-refractivity contribution < 1.29 is 4.74 Å². The number of nitrogens with zero attached hydrogens (tertiary/aromatic N) is 6. The molecule has 7 heteroatoms. The Balaban J connectivity index is 1.14. The van der Waals surface area contributed by atoms with Crippen molar-refractivity contribution in [1.29, 1.82) is 0 Å². The number of ether oxygens (including phenoxy) is 1. The molecular formula is C43H30N6O. The van der Waals surface area contributed by atoms with Gasteiger partial charge in [-0.1, -0.05) is 48.0 Å². The van der Waals surface area contributed by atoms with Gasteiger partial charge < -0.3 is 4.74 Å². The smallest absolute Gasteiger partial charge is 0.147 e. The summed E-state index contributed by atoms with van der Waals surface area (Å²) in [6.45, 7) is 6.44. The highest BCUT2D eigenvalue weighted by molar-refractivity contribution is 6.12. The molecule has 6 heterocycles. The van der Waals surface area contributed by atoms with Crippen molar-refractivity contribution in [2.75, 3.05) is 0 Å². The zero-order valence-electron chi connectivity index (χ0n) is 27.7. The van der Waals surface area contributed by atoms with Gasteiger partial charge in [-0.3, -0.25) is 8.80 Å². The molecular weight excluding hydrogens is 617 g/mol. The molecule has 0 aliphatic rings. The van der Waals surface area contributed by atoms with Gasteiger partial charge in [0.15, 0.2) is 0 Å². The minimum absolute atomic E-state index is 0.722. The maximum atomic E-state index is 6.65. The Morgan fingerprint density at radius 2 is 1.02 bits per heavy atom. The lowest BCUT2D eigenvalue weighted by Crippen LogP contribution is -1.94. The third-order valence-electron chi connectivity index (χ3n) is 9.72. The maximum Gasteiger partial charge on any atom is 0.147 e. The van der Waals surface area contributed by atoms with Gasteiger partial charge in [0.1, 0.15) is 34.1 Å². The van der Waals surface area contributed by atoms with Crippen LogP contribution in [-0.4, -0.2) is 28.7 Å². The molecule has 0 saturated heterocycles. The van der Waals surface area contributed by atoms with E-state index in [0.717, 1.165) is 88.9 Å². The normalized spacial score (nSPS) is 11.9. The summed E-state index contributed by atoms with van der Waals surface area (Å²) in [5.41, 5.74) is 11.1. The molecule has 0 atom stereocenters. The van der Waals surface area contributed by atoms with E-state index in [9.17, 15) is 0 Å². The van der Waals surface area contributed by atoms with Gasteiger partial charge in [0, 0.05) is 57.5 Å². The van der Waals surface area contributed by atoms with E-state index in [1.807, 2.05) is 54.9 Å². The first kappa shape index (κ1) is 28.4. The van der Waals surface area contributed by atoms with Gasteiger partial charge in [0.25, 0.3) is 0 Å². The molecule has 238 valence electrons. The number of aromatic nitrogens is 6. The summed E-state index contributed by atoms with van der Waals surface area (Å²) in [5.74, 6) is 1.45. The average Bonchev–Trinajstić information content (AvgIpc) is 3.78. The molecule has 0 N–H and O–H groups in total. The minimum Gasteiger partial charge on any atom is -0.457 e. The standard InChI is InChI=1S/C43H30N6O/c1-25-19-26(2)39(27(3)20-25)38-24-49-41-34(12-8-18-45-41)32-16-14-30(22-36(32)43(49)47-38)50-29-13-15-31-33-11-7-17-44-40(33)48-23-37(28-9-5-4-6-10-28)46-42(48)35(31)21-29/h4-24H,1-3H3. The maximum absolute atomic E-state index is 6.65. The summed E-state index contributed by atoms with van der Waals surface area (Å²) in [6, 6.07) is 35.3. The molecule has 0 amide bonds. The molecule has 0 unspecified atom stereocenters. The first-order chi connectivity index (χ1) is 24.5. The van der Waals surface area contributed by atoms with Crippen LogP contribution in [-0.2, 0) is 0 Å². The second-order valence-corrected chi connectivity index (χ2v) is 13.0. The molecule has 0 saturated carbocycles. The lowest BCUT2D eigenvalue weighted by molar-refractivity contribution is 0.484. The summed E-state index contributed by atoms with van der Waals surface area (Å²) in [6.07, 6.45) is 7.85. The number of pyridine rings is 4. The highest BCUT2D eigenvalue weighted by Gasteiger charge is 2.18. The Bertz CT molecular complexity index is 2970. The number of hydrogen-bond acceptors (Lipinski definition) is 5. The van der Waals surface area contributed by atoms with Crippen LogP contribution in [0.5, 0.6) is 11.5 Å². The zero-order chi connectivity index (χ0) is 33.5. The van der Waals surface area contributed by atoms with Gasteiger partial charge in [-0.15, -0.1) is 0 Å². The number of benzene rings is 4. The summed E-state index contributed by atoms with van der Waals surface area (Å²) < 4.78 is 10.8. The molecule has 0 aliphatic carbocycles. The first-order valence-corrected chi connectivity index (χ1v) is 16.7. The van der Waals surface area contributed by atoms with Gasteiger partial charge in [-0.05, 0) is 103 Å². The van der Waals surface area contributed by atoms with Gasteiger partial charge >= 0.3 is 0 Å². The lowest BCUT2D eigenvalue weighted by Gasteiger charge is -2.12. The van der Waals surface area contributed by atoms with E-state index < -0.39 is 0 Å². The van der Waals surface area contributed by atoms with Crippen LogP contribution in [0.15, 0.2) is 128 Å². The summed E-state index contributed by atoms with van der Waals surface area (Å²) in [7, 11) is 0. The zero-order valence-corrected chi connectivity index (χ0v) is 27.7. The monoisotopic (exact) mass is 646 g/mol. The van der Waals surface area contributed by atoms with Crippen LogP contribution in [0.3, 0.4) is 0 Å². The second kappa shape index (κ2) is 10.7. The molecule has 10 aromatic rings. The summed E-state index contributed by atoms with van der Waals surface area (Å²) >= 11 is 0. The minimum atomic E-state index is 0.722. The first-order valence-electron chi connectivity index (χ1n) is 16.7. The van der Waals surface area contributed by atoms with E-state index in [4.69, 9.17) is 24.7 Å². The Labute approximate surface area is 287 Å². The topological polar surface area (TPSA) is 69.6 Å². The fourth-order valence-corrected chi connectivity index (χ4v) is 7.66.